The molecule has 1 heterocycles. The molecule has 19 heavy (non-hydrogen) atoms. The Labute approximate surface area is 114 Å². The summed E-state index contributed by atoms with van der Waals surface area (Å²) in [6, 6.07) is 10.0. The van der Waals surface area contributed by atoms with Gasteiger partial charge in [0.2, 0.25) is 0 Å². The highest BCUT2D eigenvalue weighted by Crippen LogP contribution is 2.19. The second-order valence-electron chi connectivity index (χ2n) is 4.34. The summed E-state index contributed by atoms with van der Waals surface area (Å²) in [5.74, 6) is 0.779. The maximum absolute atomic E-state index is 5.49. The number of hydrogen-bond donors (Lipinski definition) is 2. The maximum atomic E-state index is 5.49. The van der Waals surface area contributed by atoms with Crippen LogP contribution in [0.5, 0.6) is 0 Å². The Morgan fingerprint density at radius 2 is 2.00 bits per heavy atom. The van der Waals surface area contributed by atoms with Crippen molar-refractivity contribution >= 4 is 5.69 Å². The normalized spacial score (nSPS) is 10.4. The van der Waals surface area contributed by atoms with Crippen molar-refractivity contribution < 1.29 is 0 Å². The molecule has 0 saturated heterocycles. The van der Waals surface area contributed by atoms with Crippen LogP contribution in [-0.4, -0.2) is 23.1 Å². The SMILES string of the molecule is CCc1nc(-c2ccccc2)ncc1NCCCN. The zero-order valence-corrected chi connectivity index (χ0v) is 11.3. The number of rotatable bonds is 6. The molecular weight excluding hydrogens is 236 g/mol. The van der Waals surface area contributed by atoms with E-state index in [1.54, 1.807) is 0 Å². The molecule has 1 aromatic heterocycles. The standard InChI is InChI=1S/C15H20N4/c1-2-13-14(17-10-6-9-16)11-18-15(19-13)12-7-4-3-5-8-12/h3-5,7-8,11,17H,2,6,9-10,16H2,1H3. The van der Waals surface area contributed by atoms with Crippen LogP contribution in [0.25, 0.3) is 11.4 Å². The largest absolute Gasteiger partial charge is 0.382 e. The van der Waals surface area contributed by atoms with Crippen molar-refractivity contribution in [2.75, 3.05) is 18.4 Å². The van der Waals surface area contributed by atoms with Crippen LogP contribution in [-0.2, 0) is 6.42 Å². The molecule has 0 amide bonds. The fourth-order valence-corrected chi connectivity index (χ4v) is 1.89. The van der Waals surface area contributed by atoms with Gasteiger partial charge >= 0.3 is 0 Å². The minimum atomic E-state index is 0.692. The molecule has 0 fully saturated rings. The van der Waals surface area contributed by atoms with Crippen molar-refractivity contribution in [3.63, 3.8) is 0 Å². The van der Waals surface area contributed by atoms with Gasteiger partial charge in [0.05, 0.1) is 17.6 Å². The van der Waals surface area contributed by atoms with Gasteiger partial charge in [0.25, 0.3) is 0 Å². The summed E-state index contributed by atoms with van der Waals surface area (Å²) in [5.41, 5.74) is 8.60. The molecule has 2 aromatic rings. The van der Waals surface area contributed by atoms with Crippen LogP contribution in [0, 0.1) is 0 Å². The van der Waals surface area contributed by atoms with Crippen molar-refractivity contribution in [3.8, 4) is 11.4 Å². The van der Waals surface area contributed by atoms with E-state index < -0.39 is 0 Å². The molecule has 4 heteroatoms. The average Bonchev–Trinajstić information content (AvgIpc) is 2.48. The lowest BCUT2D eigenvalue weighted by Gasteiger charge is -2.10. The highest BCUT2D eigenvalue weighted by atomic mass is 15.0. The van der Waals surface area contributed by atoms with E-state index in [0.717, 1.165) is 42.2 Å². The smallest absolute Gasteiger partial charge is 0.159 e. The van der Waals surface area contributed by atoms with E-state index in [4.69, 9.17) is 5.73 Å². The predicted octanol–water partition coefficient (Wildman–Crippen LogP) is 2.47. The molecule has 100 valence electrons. The Bertz CT molecular complexity index is 511. The van der Waals surface area contributed by atoms with Gasteiger partial charge in [-0.15, -0.1) is 0 Å². The summed E-state index contributed by atoms with van der Waals surface area (Å²) >= 11 is 0. The number of nitrogens with zero attached hydrogens (tertiary/aromatic N) is 2. The van der Waals surface area contributed by atoms with Gasteiger partial charge in [-0.2, -0.15) is 0 Å². The lowest BCUT2D eigenvalue weighted by Crippen LogP contribution is -2.11. The minimum Gasteiger partial charge on any atom is -0.382 e. The van der Waals surface area contributed by atoms with Crippen LogP contribution < -0.4 is 11.1 Å². The van der Waals surface area contributed by atoms with Gasteiger partial charge in [0.15, 0.2) is 5.82 Å². The highest BCUT2D eigenvalue weighted by Gasteiger charge is 2.06. The van der Waals surface area contributed by atoms with E-state index >= 15 is 0 Å². The topological polar surface area (TPSA) is 63.8 Å². The third kappa shape index (κ3) is 3.51. The molecule has 0 aliphatic heterocycles. The quantitative estimate of drug-likeness (QED) is 0.779. The highest BCUT2D eigenvalue weighted by molar-refractivity contribution is 5.57. The first-order valence-corrected chi connectivity index (χ1v) is 6.70. The second kappa shape index (κ2) is 6.85. The molecule has 0 spiro atoms. The molecule has 3 N–H and O–H groups in total. The fraction of sp³-hybridized carbons (Fsp3) is 0.333. The van der Waals surface area contributed by atoms with E-state index in [0.29, 0.717) is 6.54 Å². The van der Waals surface area contributed by atoms with Gasteiger partial charge in [-0.05, 0) is 19.4 Å². The fourth-order valence-electron chi connectivity index (χ4n) is 1.89. The molecule has 0 saturated carbocycles. The maximum Gasteiger partial charge on any atom is 0.159 e. The third-order valence-electron chi connectivity index (χ3n) is 2.93. The first-order valence-electron chi connectivity index (χ1n) is 6.70. The van der Waals surface area contributed by atoms with Crippen LogP contribution in [0.3, 0.4) is 0 Å². The average molecular weight is 256 g/mol. The number of nitrogens with two attached hydrogens (primary N) is 1. The van der Waals surface area contributed by atoms with Crippen molar-refractivity contribution in [1.29, 1.82) is 0 Å². The molecule has 1 aromatic carbocycles. The van der Waals surface area contributed by atoms with Crippen LogP contribution >= 0.6 is 0 Å². The lowest BCUT2D eigenvalue weighted by molar-refractivity contribution is 0.867. The molecule has 0 atom stereocenters. The zero-order valence-electron chi connectivity index (χ0n) is 11.3. The molecule has 2 rings (SSSR count). The molecule has 0 unspecified atom stereocenters. The Morgan fingerprint density at radius 1 is 1.21 bits per heavy atom. The second-order valence-corrected chi connectivity index (χ2v) is 4.34. The third-order valence-corrected chi connectivity index (χ3v) is 2.93. The Morgan fingerprint density at radius 3 is 2.68 bits per heavy atom. The number of nitrogens with one attached hydrogen (secondary N) is 1. The number of aryl methyl sites for hydroxylation is 1. The van der Waals surface area contributed by atoms with Gasteiger partial charge < -0.3 is 11.1 Å². The zero-order chi connectivity index (χ0) is 13.5. The van der Waals surface area contributed by atoms with E-state index in [-0.39, 0.29) is 0 Å². The van der Waals surface area contributed by atoms with Crippen LogP contribution in [0.2, 0.25) is 0 Å². The van der Waals surface area contributed by atoms with Gasteiger partial charge in [0.1, 0.15) is 0 Å². The van der Waals surface area contributed by atoms with E-state index in [1.165, 1.54) is 0 Å². The molecule has 0 radical (unpaired) electrons. The van der Waals surface area contributed by atoms with Crippen LogP contribution in [0.15, 0.2) is 36.5 Å². The lowest BCUT2D eigenvalue weighted by atomic mass is 10.2. The monoisotopic (exact) mass is 256 g/mol. The first kappa shape index (κ1) is 13.5. The predicted molar refractivity (Wildman–Crippen MR) is 79.0 cm³/mol. The van der Waals surface area contributed by atoms with Crippen LogP contribution in [0.4, 0.5) is 5.69 Å². The number of benzene rings is 1. The number of hydrogen-bond acceptors (Lipinski definition) is 4. The summed E-state index contributed by atoms with van der Waals surface area (Å²) in [4.78, 5) is 9.07. The van der Waals surface area contributed by atoms with E-state index in [2.05, 4.69) is 22.2 Å². The molecule has 0 aliphatic carbocycles. The van der Waals surface area contributed by atoms with Crippen molar-refractivity contribution in [2.45, 2.75) is 19.8 Å². The summed E-state index contributed by atoms with van der Waals surface area (Å²) in [6.07, 6.45) is 3.70. The molecule has 4 nitrogen and oxygen atoms in total. The van der Waals surface area contributed by atoms with Gasteiger partial charge in [-0.1, -0.05) is 37.3 Å². The van der Waals surface area contributed by atoms with Crippen molar-refractivity contribution in [3.05, 3.63) is 42.2 Å². The Kier molecular flexibility index (Phi) is 4.86. The Balaban J connectivity index is 2.21. The molecule has 0 aliphatic rings. The van der Waals surface area contributed by atoms with Crippen LogP contribution in [0.1, 0.15) is 19.0 Å². The van der Waals surface area contributed by atoms with Crippen molar-refractivity contribution in [1.82, 2.24) is 9.97 Å². The van der Waals surface area contributed by atoms with Gasteiger partial charge in [-0.3, -0.25) is 0 Å². The summed E-state index contributed by atoms with van der Waals surface area (Å²) in [6.45, 7) is 3.65. The minimum absolute atomic E-state index is 0.692. The van der Waals surface area contributed by atoms with Gasteiger partial charge in [-0.25, -0.2) is 9.97 Å². The summed E-state index contributed by atoms with van der Waals surface area (Å²) in [5, 5.41) is 3.34. The summed E-state index contributed by atoms with van der Waals surface area (Å²) < 4.78 is 0. The van der Waals surface area contributed by atoms with E-state index in [9.17, 15) is 0 Å². The van der Waals surface area contributed by atoms with Gasteiger partial charge in [0, 0.05) is 12.1 Å². The summed E-state index contributed by atoms with van der Waals surface area (Å²) in [7, 11) is 0. The van der Waals surface area contributed by atoms with E-state index in [1.807, 2.05) is 36.5 Å². The first-order chi connectivity index (χ1) is 9.35. The molecular formula is C15H20N4. The number of aromatic nitrogens is 2. The number of anilines is 1. The van der Waals surface area contributed by atoms with Crippen molar-refractivity contribution in [2.24, 2.45) is 5.73 Å². The Hall–Kier alpha value is -1.94. The molecule has 0 bridgehead atoms.